The van der Waals surface area contributed by atoms with Gasteiger partial charge in [-0.3, -0.25) is 10.1 Å². The van der Waals surface area contributed by atoms with Crippen LogP contribution in [0.25, 0.3) is 0 Å². The molecule has 0 radical (unpaired) electrons. The number of rotatable bonds is 1. The molecule has 0 aliphatic carbocycles. The molecule has 0 unspecified atom stereocenters. The Labute approximate surface area is 58.1 Å². The van der Waals surface area contributed by atoms with E-state index in [0.29, 0.717) is 0 Å². The van der Waals surface area contributed by atoms with Crippen molar-refractivity contribution in [1.82, 2.24) is 0 Å². The van der Waals surface area contributed by atoms with Crippen LogP contribution in [0.2, 0.25) is 0 Å². The first-order chi connectivity index (χ1) is 4.51. The molecule has 10 heavy (non-hydrogen) atoms. The van der Waals surface area contributed by atoms with Crippen LogP contribution in [0.15, 0.2) is 0 Å². The minimum atomic E-state index is -3.08. The van der Waals surface area contributed by atoms with E-state index in [-0.39, 0.29) is 17.9 Å². The molecule has 58 valence electrons. The maximum absolute atomic E-state index is 10.6. The molecule has 5 nitrogen and oxygen atoms in total. The quantitative estimate of drug-likeness (QED) is 0.386. The smallest absolute Gasteiger partial charge is 0.227 e. The van der Waals surface area contributed by atoms with Crippen LogP contribution in [0.5, 0.6) is 0 Å². The van der Waals surface area contributed by atoms with Gasteiger partial charge in [0.2, 0.25) is 6.04 Å². The molecule has 0 saturated carbocycles. The normalized spacial score (nSPS) is 30.2. The van der Waals surface area contributed by atoms with Gasteiger partial charge in [-0.2, -0.15) is 0 Å². The van der Waals surface area contributed by atoms with Gasteiger partial charge in [0.05, 0.1) is 5.75 Å². The molecule has 0 N–H and O–H groups in total. The van der Waals surface area contributed by atoms with Crippen molar-refractivity contribution in [2.75, 3.05) is 11.5 Å². The van der Waals surface area contributed by atoms with Crippen molar-refractivity contribution in [2.24, 2.45) is 0 Å². The third-order valence-electron chi connectivity index (χ3n) is 1.51. The van der Waals surface area contributed by atoms with Gasteiger partial charge in [-0.25, -0.2) is 8.42 Å². The molecule has 0 bridgehead atoms. The highest BCUT2D eigenvalue weighted by molar-refractivity contribution is 7.91. The van der Waals surface area contributed by atoms with E-state index in [1.807, 2.05) is 0 Å². The fourth-order valence-electron chi connectivity index (χ4n) is 0.942. The van der Waals surface area contributed by atoms with E-state index in [1.165, 1.54) is 0 Å². The molecule has 0 aromatic carbocycles. The van der Waals surface area contributed by atoms with Crippen LogP contribution in [0, 0.1) is 10.1 Å². The topological polar surface area (TPSA) is 77.3 Å². The van der Waals surface area contributed by atoms with Crippen molar-refractivity contribution in [3.8, 4) is 0 Å². The lowest BCUT2D eigenvalue weighted by molar-refractivity contribution is -0.515. The third-order valence-corrected chi connectivity index (χ3v) is 3.26. The minimum Gasteiger partial charge on any atom is -0.264 e. The molecule has 0 aromatic rings. The summed E-state index contributed by atoms with van der Waals surface area (Å²) in [5.74, 6) is -0.307. The van der Waals surface area contributed by atoms with E-state index >= 15 is 0 Å². The average molecular weight is 165 g/mol. The first-order valence-corrected chi connectivity index (χ1v) is 4.67. The van der Waals surface area contributed by atoms with Crippen molar-refractivity contribution in [1.29, 1.82) is 0 Å². The molecule has 1 atom stereocenters. The first-order valence-electron chi connectivity index (χ1n) is 2.85. The second-order valence-corrected chi connectivity index (χ2v) is 4.57. The van der Waals surface area contributed by atoms with Crippen LogP contribution in [0.4, 0.5) is 0 Å². The van der Waals surface area contributed by atoms with Crippen LogP contribution in [0.1, 0.15) is 6.42 Å². The Morgan fingerprint density at radius 3 is 2.30 bits per heavy atom. The van der Waals surface area contributed by atoms with E-state index in [0.717, 1.165) is 0 Å². The number of sulfone groups is 1. The maximum Gasteiger partial charge on any atom is 0.227 e. The fourth-order valence-corrected chi connectivity index (χ4v) is 2.61. The van der Waals surface area contributed by atoms with Gasteiger partial charge < -0.3 is 0 Å². The van der Waals surface area contributed by atoms with E-state index in [4.69, 9.17) is 0 Å². The zero-order valence-electron chi connectivity index (χ0n) is 5.19. The lowest BCUT2D eigenvalue weighted by Crippen LogP contribution is -2.20. The Bertz CT molecular complexity index is 244. The van der Waals surface area contributed by atoms with Crippen LogP contribution in [0.3, 0.4) is 0 Å². The molecule has 0 spiro atoms. The number of hydrogen-bond donors (Lipinski definition) is 0. The van der Waals surface area contributed by atoms with E-state index < -0.39 is 20.8 Å². The molecule has 1 rings (SSSR count). The van der Waals surface area contributed by atoms with Gasteiger partial charge in [-0.15, -0.1) is 0 Å². The standard InChI is InChI=1S/C4H7NO4S/c6-5(7)4-1-2-10(8,9)3-4/h4H,1-3H2/t4-/m1/s1. The summed E-state index contributed by atoms with van der Waals surface area (Å²) < 4.78 is 21.3. The highest BCUT2D eigenvalue weighted by Crippen LogP contribution is 2.13. The van der Waals surface area contributed by atoms with Crippen molar-refractivity contribution in [3.63, 3.8) is 0 Å². The second-order valence-electron chi connectivity index (χ2n) is 2.34. The van der Waals surface area contributed by atoms with Crippen molar-refractivity contribution >= 4 is 9.84 Å². The van der Waals surface area contributed by atoms with Gasteiger partial charge in [0.1, 0.15) is 5.75 Å². The van der Waals surface area contributed by atoms with Gasteiger partial charge in [0.15, 0.2) is 9.84 Å². The molecule has 1 aliphatic rings. The summed E-state index contributed by atoms with van der Waals surface area (Å²) in [6, 6.07) is -0.856. The van der Waals surface area contributed by atoms with Crippen LogP contribution < -0.4 is 0 Å². The Kier molecular flexibility index (Phi) is 1.63. The lowest BCUT2D eigenvalue weighted by Gasteiger charge is -1.94. The summed E-state index contributed by atoms with van der Waals surface area (Å²) in [5, 5.41) is 10.0. The van der Waals surface area contributed by atoms with Crippen LogP contribution >= 0.6 is 0 Å². The first kappa shape index (κ1) is 7.46. The van der Waals surface area contributed by atoms with Crippen LogP contribution in [-0.2, 0) is 9.84 Å². The van der Waals surface area contributed by atoms with E-state index in [2.05, 4.69) is 0 Å². The Hall–Kier alpha value is -0.650. The van der Waals surface area contributed by atoms with E-state index in [9.17, 15) is 18.5 Å². The second kappa shape index (κ2) is 2.19. The highest BCUT2D eigenvalue weighted by atomic mass is 32.2. The van der Waals surface area contributed by atoms with Crippen LogP contribution in [-0.4, -0.2) is 30.9 Å². The zero-order valence-corrected chi connectivity index (χ0v) is 6.00. The molecule has 1 aliphatic heterocycles. The van der Waals surface area contributed by atoms with Crippen molar-refractivity contribution in [2.45, 2.75) is 12.5 Å². The Balaban J connectivity index is 2.69. The number of hydrogen-bond acceptors (Lipinski definition) is 4. The van der Waals surface area contributed by atoms with Gasteiger partial charge >= 0.3 is 0 Å². The fraction of sp³-hybridized carbons (Fsp3) is 1.00. The summed E-state index contributed by atoms with van der Waals surface area (Å²) in [5.41, 5.74) is 0. The lowest BCUT2D eigenvalue weighted by atomic mass is 10.3. The summed E-state index contributed by atoms with van der Waals surface area (Å²) in [7, 11) is -3.08. The SMILES string of the molecule is O=[N+]([O-])[C@@H]1CCS(=O)(=O)C1. The number of nitrogens with zero attached hydrogens (tertiary/aromatic N) is 1. The van der Waals surface area contributed by atoms with E-state index in [1.54, 1.807) is 0 Å². The summed E-state index contributed by atoms with van der Waals surface area (Å²) in [6.07, 6.45) is 0.176. The van der Waals surface area contributed by atoms with Crippen molar-refractivity contribution in [3.05, 3.63) is 10.1 Å². The molecule has 1 heterocycles. The van der Waals surface area contributed by atoms with Gasteiger partial charge in [0.25, 0.3) is 0 Å². The van der Waals surface area contributed by atoms with Crippen molar-refractivity contribution < 1.29 is 13.3 Å². The summed E-state index contributed by atoms with van der Waals surface area (Å²) in [4.78, 5) is 9.51. The predicted molar refractivity (Wildman–Crippen MR) is 34.1 cm³/mol. The molecular weight excluding hydrogens is 158 g/mol. The zero-order chi connectivity index (χ0) is 7.78. The largest absolute Gasteiger partial charge is 0.264 e. The summed E-state index contributed by atoms with van der Waals surface area (Å²) >= 11 is 0. The summed E-state index contributed by atoms with van der Waals surface area (Å²) in [6.45, 7) is 0. The Morgan fingerprint density at radius 2 is 2.10 bits per heavy atom. The molecule has 1 fully saturated rings. The van der Waals surface area contributed by atoms with Gasteiger partial charge in [0, 0.05) is 11.3 Å². The minimum absolute atomic E-state index is 0.0291. The highest BCUT2D eigenvalue weighted by Gasteiger charge is 2.35. The molecule has 0 amide bonds. The number of nitro groups is 1. The molecule has 0 aromatic heterocycles. The Morgan fingerprint density at radius 1 is 1.50 bits per heavy atom. The molecule has 1 saturated heterocycles. The van der Waals surface area contributed by atoms with Gasteiger partial charge in [-0.05, 0) is 0 Å². The third kappa shape index (κ3) is 1.44. The van der Waals surface area contributed by atoms with Gasteiger partial charge in [-0.1, -0.05) is 0 Å². The molecule has 6 heteroatoms. The predicted octanol–water partition coefficient (Wildman–Crippen LogP) is -0.550. The molecular formula is C4H7NO4S. The maximum atomic E-state index is 10.6. The average Bonchev–Trinajstić information content (AvgIpc) is 2.10. The monoisotopic (exact) mass is 165 g/mol.